The number of amides is 2. The lowest BCUT2D eigenvalue weighted by Gasteiger charge is -2.23. The van der Waals surface area contributed by atoms with E-state index < -0.39 is 12.0 Å². The lowest BCUT2D eigenvalue weighted by molar-refractivity contribution is -0.143. The molecule has 0 saturated carbocycles. The smallest absolute Gasteiger partial charge is 0.320 e. The molecule has 3 atom stereocenters. The first-order chi connectivity index (χ1) is 7.54. The summed E-state index contributed by atoms with van der Waals surface area (Å²) in [4.78, 5) is 35.5. The second kappa shape index (κ2) is 3.86. The van der Waals surface area contributed by atoms with Crippen LogP contribution in [0.15, 0.2) is 0 Å². The highest BCUT2D eigenvalue weighted by atomic mass is 16.4. The van der Waals surface area contributed by atoms with E-state index in [-0.39, 0.29) is 23.7 Å². The minimum absolute atomic E-state index is 0.266. The van der Waals surface area contributed by atoms with Crippen molar-refractivity contribution in [3.8, 4) is 0 Å². The van der Waals surface area contributed by atoms with Gasteiger partial charge in [0.2, 0.25) is 11.8 Å². The fourth-order valence-corrected chi connectivity index (χ4v) is 2.52. The summed E-state index contributed by atoms with van der Waals surface area (Å²) in [5.74, 6) is -2.15. The van der Waals surface area contributed by atoms with Gasteiger partial charge in [-0.05, 0) is 6.42 Å². The Kier molecular flexibility index (Phi) is 2.67. The molecule has 0 aliphatic carbocycles. The first kappa shape index (κ1) is 11.1. The molecule has 0 spiro atoms. The quantitative estimate of drug-likeness (QED) is 0.606. The average molecular weight is 226 g/mol. The molecule has 0 aromatic rings. The van der Waals surface area contributed by atoms with Crippen LogP contribution in [0.1, 0.15) is 13.3 Å². The van der Waals surface area contributed by atoms with Gasteiger partial charge in [-0.15, -0.1) is 0 Å². The molecule has 0 aromatic carbocycles. The molecule has 2 aliphatic heterocycles. The fraction of sp³-hybridized carbons (Fsp3) is 0.700. The molecule has 16 heavy (non-hydrogen) atoms. The standard InChI is InChI=1S/C10H14N2O4/c1-2-7(10(15)16)12-3-5-6(4-12)9(14)11-8(5)13/h5-7H,2-4H2,1H3,(H,15,16)(H,11,13,14)/t5-,6+,7-/m0/s1. The Balaban J connectivity index is 2.11. The summed E-state index contributed by atoms with van der Waals surface area (Å²) in [6.07, 6.45) is 0.477. The first-order valence-electron chi connectivity index (χ1n) is 5.36. The van der Waals surface area contributed by atoms with Crippen LogP contribution in [0, 0.1) is 11.8 Å². The second-order valence-electron chi connectivity index (χ2n) is 4.28. The van der Waals surface area contributed by atoms with Crippen molar-refractivity contribution >= 4 is 17.8 Å². The van der Waals surface area contributed by atoms with Gasteiger partial charge < -0.3 is 5.11 Å². The maximum absolute atomic E-state index is 11.4. The third kappa shape index (κ3) is 1.59. The van der Waals surface area contributed by atoms with Gasteiger partial charge in [-0.1, -0.05) is 6.92 Å². The Labute approximate surface area is 92.6 Å². The van der Waals surface area contributed by atoms with Gasteiger partial charge in [-0.25, -0.2) is 0 Å². The third-order valence-electron chi connectivity index (χ3n) is 3.38. The zero-order chi connectivity index (χ0) is 11.9. The molecule has 6 heteroatoms. The lowest BCUT2D eigenvalue weighted by atomic mass is 10.00. The highest BCUT2D eigenvalue weighted by molar-refractivity contribution is 6.05. The van der Waals surface area contributed by atoms with Gasteiger partial charge in [0.15, 0.2) is 0 Å². The predicted octanol–water partition coefficient (Wildman–Crippen LogP) is -0.946. The molecule has 2 heterocycles. The molecular weight excluding hydrogens is 212 g/mol. The molecule has 2 fully saturated rings. The van der Waals surface area contributed by atoms with Crippen LogP contribution in [0.2, 0.25) is 0 Å². The van der Waals surface area contributed by atoms with Gasteiger partial charge in [0.1, 0.15) is 6.04 Å². The molecule has 0 radical (unpaired) electrons. The largest absolute Gasteiger partial charge is 0.480 e. The van der Waals surface area contributed by atoms with Crippen molar-refractivity contribution in [1.82, 2.24) is 10.2 Å². The molecule has 2 N–H and O–H groups in total. The van der Waals surface area contributed by atoms with Gasteiger partial charge in [0.25, 0.3) is 0 Å². The molecular formula is C10H14N2O4. The Morgan fingerprint density at radius 1 is 1.44 bits per heavy atom. The number of nitrogens with zero attached hydrogens (tertiary/aromatic N) is 1. The van der Waals surface area contributed by atoms with Crippen LogP contribution in [0.4, 0.5) is 0 Å². The van der Waals surface area contributed by atoms with Crippen molar-refractivity contribution in [3.63, 3.8) is 0 Å². The number of hydrogen-bond donors (Lipinski definition) is 2. The SMILES string of the molecule is CC[C@@H](C(=O)O)N1C[C@@H]2C(=O)NC(=O)[C@@H]2C1. The van der Waals surface area contributed by atoms with Gasteiger partial charge in [-0.2, -0.15) is 0 Å². The van der Waals surface area contributed by atoms with Crippen LogP contribution in [-0.2, 0) is 14.4 Å². The fourth-order valence-electron chi connectivity index (χ4n) is 2.52. The number of imide groups is 1. The van der Waals surface area contributed by atoms with E-state index in [9.17, 15) is 14.4 Å². The predicted molar refractivity (Wildman–Crippen MR) is 53.4 cm³/mol. The number of aliphatic carboxylic acids is 1. The summed E-state index contributed by atoms with van der Waals surface area (Å²) in [5, 5.41) is 11.3. The van der Waals surface area contributed by atoms with Crippen LogP contribution in [0.3, 0.4) is 0 Å². The van der Waals surface area contributed by atoms with E-state index in [1.54, 1.807) is 11.8 Å². The molecule has 0 aromatic heterocycles. The van der Waals surface area contributed by atoms with E-state index >= 15 is 0 Å². The Hall–Kier alpha value is -1.43. The summed E-state index contributed by atoms with van der Waals surface area (Å²) in [5.41, 5.74) is 0. The molecule has 2 amide bonds. The number of carbonyl (C=O) groups excluding carboxylic acids is 2. The van der Waals surface area contributed by atoms with E-state index in [1.807, 2.05) is 0 Å². The highest BCUT2D eigenvalue weighted by Gasteiger charge is 2.49. The molecule has 2 saturated heterocycles. The number of hydrogen-bond acceptors (Lipinski definition) is 4. The molecule has 2 rings (SSSR count). The van der Waals surface area contributed by atoms with Crippen LogP contribution < -0.4 is 5.32 Å². The number of carboxylic acids is 1. The zero-order valence-corrected chi connectivity index (χ0v) is 8.97. The molecule has 0 unspecified atom stereocenters. The van der Waals surface area contributed by atoms with Crippen LogP contribution in [0.25, 0.3) is 0 Å². The maximum atomic E-state index is 11.4. The summed E-state index contributed by atoms with van der Waals surface area (Å²) in [6, 6.07) is -0.591. The van der Waals surface area contributed by atoms with E-state index in [0.29, 0.717) is 19.5 Å². The molecule has 6 nitrogen and oxygen atoms in total. The van der Waals surface area contributed by atoms with Crippen molar-refractivity contribution in [2.45, 2.75) is 19.4 Å². The van der Waals surface area contributed by atoms with Crippen molar-refractivity contribution in [2.75, 3.05) is 13.1 Å². The summed E-state index contributed by atoms with van der Waals surface area (Å²) < 4.78 is 0. The average Bonchev–Trinajstić information content (AvgIpc) is 2.71. The monoisotopic (exact) mass is 226 g/mol. The summed E-state index contributed by atoms with van der Waals surface area (Å²) in [6.45, 7) is 2.52. The lowest BCUT2D eigenvalue weighted by Crippen LogP contribution is -2.42. The second-order valence-corrected chi connectivity index (χ2v) is 4.28. The number of fused-ring (bicyclic) bond motifs is 1. The Bertz CT molecular complexity index is 333. The summed E-state index contributed by atoms with van der Waals surface area (Å²) >= 11 is 0. The van der Waals surface area contributed by atoms with E-state index in [4.69, 9.17) is 5.11 Å². The molecule has 88 valence electrons. The van der Waals surface area contributed by atoms with Crippen molar-refractivity contribution in [2.24, 2.45) is 11.8 Å². The van der Waals surface area contributed by atoms with Crippen LogP contribution >= 0.6 is 0 Å². The molecule has 0 bridgehead atoms. The van der Waals surface area contributed by atoms with Gasteiger partial charge >= 0.3 is 5.97 Å². The number of carboxylic acid groups (broad SMARTS) is 1. The normalized spacial score (nSPS) is 31.3. The first-order valence-corrected chi connectivity index (χ1v) is 5.36. The van der Waals surface area contributed by atoms with Crippen molar-refractivity contribution < 1.29 is 19.5 Å². The minimum atomic E-state index is -0.893. The minimum Gasteiger partial charge on any atom is -0.480 e. The van der Waals surface area contributed by atoms with E-state index in [1.165, 1.54) is 0 Å². The van der Waals surface area contributed by atoms with Crippen LogP contribution in [0.5, 0.6) is 0 Å². The number of likely N-dealkylation sites (tertiary alicyclic amines) is 1. The highest BCUT2D eigenvalue weighted by Crippen LogP contribution is 2.30. The number of carbonyl (C=O) groups is 3. The van der Waals surface area contributed by atoms with Crippen molar-refractivity contribution in [3.05, 3.63) is 0 Å². The van der Waals surface area contributed by atoms with E-state index in [0.717, 1.165) is 0 Å². The maximum Gasteiger partial charge on any atom is 0.320 e. The Morgan fingerprint density at radius 3 is 2.31 bits per heavy atom. The third-order valence-corrected chi connectivity index (χ3v) is 3.38. The Morgan fingerprint density at radius 2 is 1.94 bits per heavy atom. The molecule has 2 aliphatic rings. The summed E-state index contributed by atoms with van der Waals surface area (Å²) in [7, 11) is 0. The number of nitrogens with one attached hydrogen (secondary N) is 1. The van der Waals surface area contributed by atoms with Gasteiger partial charge in [-0.3, -0.25) is 24.6 Å². The topological polar surface area (TPSA) is 86.7 Å². The van der Waals surface area contributed by atoms with Gasteiger partial charge in [0.05, 0.1) is 11.8 Å². The zero-order valence-electron chi connectivity index (χ0n) is 8.97. The number of rotatable bonds is 3. The van der Waals surface area contributed by atoms with Crippen molar-refractivity contribution in [1.29, 1.82) is 0 Å². The van der Waals surface area contributed by atoms with E-state index in [2.05, 4.69) is 5.32 Å². The van der Waals surface area contributed by atoms with Gasteiger partial charge in [0, 0.05) is 13.1 Å². The van der Waals surface area contributed by atoms with Crippen LogP contribution in [-0.4, -0.2) is 46.9 Å².